The number of amides is 1. The molecule has 0 bridgehead atoms. The molecule has 31 heavy (non-hydrogen) atoms. The summed E-state index contributed by atoms with van der Waals surface area (Å²) in [6, 6.07) is 13.5. The van der Waals surface area contributed by atoms with Crippen LogP contribution in [0.1, 0.15) is 21.5 Å². The number of aryl methyl sites for hydroxylation is 1. The molecule has 8 heteroatoms. The molecule has 0 atom stereocenters. The minimum absolute atomic E-state index is 0. The highest BCUT2D eigenvalue weighted by molar-refractivity contribution is 14.0. The number of nitrogens with zero attached hydrogens (tertiary/aromatic N) is 1. The molecule has 2 aromatic carbocycles. The van der Waals surface area contributed by atoms with Crippen LogP contribution >= 0.6 is 24.0 Å². The summed E-state index contributed by atoms with van der Waals surface area (Å²) in [7, 11) is 3.32. The van der Waals surface area contributed by atoms with Gasteiger partial charge in [0, 0.05) is 49.3 Å². The van der Waals surface area contributed by atoms with Crippen LogP contribution in [0.5, 0.6) is 5.75 Å². The highest BCUT2D eigenvalue weighted by Crippen LogP contribution is 2.19. The van der Waals surface area contributed by atoms with Gasteiger partial charge < -0.3 is 25.7 Å². The molecule has 0 aliphatic heterocycles. The van der Waals surface area contributed by atoms with Crippen LogP contribution in [0.25, 0.3) is 10.9 Å². The number of carbonyl (C=O) groups excluding carboxylic acids is 1. The Hall–Kier alpha value is -2.75. The third-order valence-electron chi connectivity index (χ3n) is 4.87. The lowest BCUT2D eigenvalue weighted by atomic mass is 10.1. The van der Waals surface area contributed by atoms with Crippen LogP contribution in [0.15, 0.2) is 53.7 Å². The molecule has 4 N–H and O–H groups in total. The summed E-state index contributed by atoms with van der Waals surface area (Å²) >= 11 is 0. The van der Waals surface area contributed by atoms with Gasteiger partial charge in [-0.2, -0.15) is 0 Å². The van der Waals surface area contributed by atoms with Crippen molar-refractivity contribution in [2.45, 2.75) is 13.3 Å². The van der Waals surface area contributed by atoms with Crippen molar-refractivity contribution >= 4 is 46.7 Å². The van der Waals surface area contributed by atoms with Crippen LogP contribution in [-0.2, 0) is 6.42 Å². The van der Waals surface area contributed by atoms with Crippen LogP contribution < -0.4 is 20.7 Å². The Morgan fingerprint density at radius 2 is 1.84 bits per heavy atom. The van der Waals surface area contributed by atoms with Gasteiger partial charge in [-0.3, -0.25) is 9.79 Å². The van der Waals surface area contributed by atoms with E-state index >= 15 is 0 Å². The number of methoxy groups -OCH3 is 1. The van der Waals surface area contributed by atoms with Crippen LogP contribution in [-0.4, -0.2) is 50.6 Å². The van der Waals surface area contributed by atoms with Crippen molar-refractivity contribution in [1.82, 2.24) is 20.9 Å². The molecule has 7 nitrogen and oxygen atoms in total. The van der Waals surface area contributed by atoms with E-state index in [1.807, 2.05) is 6.07 Å². The number of guanidine groups is 1. The van der Waals surface area contributed by atoms with E-state index in [9.17, 15) is 4.79 Å². The first-order chi connectivity index (χ1) is 14.6. The molecule has 0 saturated carbocycles. The minimum Gasteiger partial charge on any atom is -0.497 e. The maximum Gasteiger partial charge on any atom is 0.251 e. The molecular weight excluding hydrogens is 505 g/mol. The largest absolute Gasteiger partial charge is 0.497 e. The van der Waals surface area contributed by atoms with Gasteiger partial charge in [0.25, 0.3) is 5.91 Å². The SMILES string of the molecule is CN=C(NCCNC(=O)c1cccc(OC)c1)NCCc1c[nH]c2cc(C)ccc12.I. The number of ether oxygens (including phenoxy) is 1. The van der Waals surface area contributed by atoms with Crippen molar-refractivity contribution in [2.75, 3.05) is 33.8 Å². The molecule has 0 unspecified atom stereocenters. The first kappa shape index (κ1) is 24.5. The van der Waals surface area contributed by atoms with Crippen molar-refractivity contribution in [1.29, 1.82) is 0 Å². The smallest absolute Gasteiger partial charge is 0.251 e. The number of aliphatic imine (C=N–C) groups is 1. The van der Waals surface area contributed by atoms with E-state index in [0.717, 1.165) is 13.0 Å². The van der Waals surface area contributed by atoms with E-state index in [4.69, 9.17) is 4.74 Å². The van der Waals surface area contributed by atoms with Crippen molar-refractivity contribution in [3.8, 4) is 5.75 Å². The molecule has 1 aromatic heterocycles. The average Bonchev–Trinajstić information content (AvgIpc) is 3.17. The molecular formula is C23H30IN5O2. The van der Waals surface area contributed by atoms with Gasteiger partial charge >= 0.3 is 0 Å². The number of nitrogens with one attached hydrogen (secondary N) is 4. The Balaban J connectivity index is 0.00000341. The third-order valence-corrected chi connectivity index (χ3v) is 4.87. The van der Waals surface area contributed by atoms with Gasteiger partial charge in [-0.25, -0.2) is 0 Å². The first-order valence-electron chi connectivity index (χ1n) is 10.0. The number of aromatic nitrogens is 1. The summed E-state index contributed by atoms with van der Waals surface area (Å²) in [4.78, 5) is 19.8. The lowest BCUT2D eigenvalue weighted by Gasteiger charge is -2.12. The summed E-state index contributed by atoms with van der Waals surface area (Å²) in [6.45, 7) is 3.91. The second-order valence-corrected chi connectivity index (χ2v) is 7.03. The van der Waals surface area contributed by atoms with Crippen molar-refractivity contribution in [3.05, 3.63) is 65.4 Å². The van der Waals surface area contributed by atoms with E-state index in [-0.39, 0.29) is 29.9 Å². The molecule has 0 saturated heterocycles. The molecule has 0 aliphatic carbocycles. The maximum atomic E-state index is 12.2. The highest BCUT2D eigenvalue weighted by Gasteiger charge is 2.07. The second kappa shape index (κ2) is 12.2. The zero-order chi connectivity index (χ0) is 21.3. The molecule has 1 amide bonds. The number of carbonyl (C=O) groups is 1. The monoisotopic (exact) mass is 535 g/mol. The molecule has 3 rings (SSSR count). The van der Waals surface area contributed by atoms with Gasteiger partial charge in [-0.05, 0) is 48.7 Å². The predicted octanol–water partition coefficient (Wildman–Crippen LogP) is 3.24. The fourth-order valence-electron chi connectivity index (χ4n) is 3.27. The van der Waals surface area contributed by atoms with E-state index in [1.54, 1.807) is 32.4 Å². The average molecular weight is 535 g/mol. The molecule has 1 heterocycles. The number of hydrogen-bond donors (Lipinski definition) is 4. The summed E-state index contributed by atoms with van der Waals surface area (Å²) in [6.07, 6.45) is 2.95. The van der Waals surface area contributed by atoms with Crippen LogP contribution in [0.2, 0.25) is 0 Å². The van der Waals surface area contributed by atoms with E-state index in [2.05, 4.69) is 57.2 Å². The second-order valence-electron chi connectivity index (χ2n) is 7.03. The molecule has 0 aliphatic rings. The molecule has 0 spiro atoms. The van der Waals surface area contributed by atoms with Crippen LogP contribution in [0, 0.1) is 6.92 Å². The van der Waals surface area contributed by atoms with Crippen molar-refractivity contribution in [2.24, 2.45) is 4.99 Å². The Kier molecular flexibility index (Phi) is 9.64. The van der Waals surface area contributed by atoms with E-state index in [1.165, 1.54) is 22.0 Å². The number of rotatable bonds is 8. The quantitative estimate of drug-likeness (QED) is 0.154. The normalized spacial score (nSPS) is 11.0. The topological polar surface area (TPSA) is 90.5 Å². The van der Waals surface area contributed by atoms with Crippen molar-refractivity contribution in [3.63, 3.8) is 0 Å². The lowest BCUT2D eigenvalue weighted by molar-refractivity contribution is 0.0954. The number of hydrogen-bond acceptors (Lipinski definition) is 3. The third kappa shape index (κ3) is 6.88. The lowest BCUT2D eigenvalue weighted by Crippen LogP contribution is -2.42. The number of benzene rings is 2. The van der Waals surface area contributed by atoms with Gasteiger partial charge in [-0.15, -0.1) is 24.0 Å². The Bertz CT molecular complexity index is 1030. The number of H-pyrrole nitrogens is 1. The highest BCUT2D eigenvalue weighted by atomic mass is 127. The van der Waals surface area contributed by atoms with Gasteiger partial charge in [0.2, 0.25) is 0 Å². The van der Waals surface area contributed by atoms with Crippen LogP contribution in [0.4, 0.5) is 0 Å². The van der Waals surface area contributed by atoms with E-state index < -0.39 is 0 Å². The van der Waals surface area contributed by atoms with Gasteiger partial charge in [-0.1, -0.05) is 18.2 Å². The Morgan fingerprint density at radius 3 is 2.61 bits per heavy atom. The fourth-order valence-corrected chi connectivity index (χ4v) is 3.27. The fraction of sp³-hybridized carbons (Fsp3) is 0.304. The minimum atomic E-state index is -0.131. The summed E-state index contributed by atoms with van der Waals surface area (Å²) in [5, 5.41) is 10.7. The van der Waals surface area contributed by atoms with E-state index in [0.29, 0.717) is 30.4 Å². The Morgan fingerprint density at radius 1 is 1.06 bits per heavy atom. The molecule has 166 valence electrons. The number of halogens is 1. The summed E-state index contributed by atoms with van der Waals surface area (Å²) in [5.41, 5.74) is 4.26. The zero-order valence-electron chi connectivity index (χ0n) is 18.1. The standard InChI is InChI=1S/C23H29N5O2.HI/c1-16-7-8-20-18(15-28-21(20)13-16)9-10-26-23(24-2)27-12-11-25-22(29)17-5-4-6-19(14-17)30-3;/h4-8,13-15,28H,9-12H2,1-3H3,(H,25,29)(H2,24,26,27);1H. The molecule has 3 aromatic rings. The first-order valence-corrected chi connectivity index (χ1v) is 10.0. The summed E-state index contributed by atoms with van der Waals surface area (Å²) < 4.78 is 5.15. The Labute approximate surface area is 200 Å². The van der Waals surface area contributed by atoms with Gasteiger partial charge in [0.1, 0.15) is 5.75 Å². The van der Waals surface area contributed by atoms with Gasteiger partial charge in [0.05, 0.1) is 7.11 Å². The zero-order valence-corrected chi connectivity index (χ0v) is 20.4. The number of fused-ring (bicyclic) bond motifs is 1. The predicted molar refractivity (Wildman–Crippen MR) is 137 cm³/mol. The van der Waals surface area contributed by atoms with Crippen molar-refractivity contribution < 1.29 is 9.53 Å². The molecule has 0 radical (unpaired) electrons. The van der Waals surface area contributed by atoms with Crippen LogP contribution in [0.3, 0.4) is 0 Å². The summed E-state index contributed by atoms with van der Waals surface area (Å²) in [5.74, 6) is 1.24. The van der Waals surface area contributed by atoms with Gasteiger partial charge in [0.15, 0.2) is 5.96 Å². The number of aromatic amines is 1. The maximum absolute atomic E-state index is 12.2. The molecule has 0 fully saturated rings.